The van der Waals surface area contributed by atoms with E-state index in [1.807, 2.05) is 61.5 Å². The van der Waals surface area contributed by atoms with Crippen molar-refractivity contribution in [3.05, 3.63) is 78.4 Å². The van der Waals surface area contributed by atoms with Gasteiger partial charge in [-0.15, -0.1) is 0 Å². The minimum Gasteiger partial charge on any atom is -0.497 e. The van der Waals surface area contributed by atoms with Crippen LogP contribution in [0.25, 0.3) is 0 Å². The highest BCUT2D eigenvalue weighted by Gasteiger charge is 2.35. The van der Waals surface area contributed by atoms with Crippen molar-refractivity contribution < 1.29 is 19.1 Å². The molecular weight excluding hydrogens is 392 g/mol. The molecule has 0 unspecified atom stereocenters. The lowest BCUT2D eigenvalue weighted by atomic mass is 10.1. The van der Waals surface area contributed by atoms with Gasteiger partial charge in [-0.1, -0.05) is 24.3 Å². The molecule has 0 aromatic heterocycles. The zero-order chi connectivity index (χ0) is 21.8. The van der Waals surface area contributed by atoms with Crippen molar-refractivity contribution in [1.29, 1.82) is 0 Å². The molecule has 6 nitrogen and oxygen atoms in total. The fourth-order valence-electron chi connectivity index (χ4n) is 3.56. The SMILES string of the molecule is COc1cccc(N2C[C@H](C(=O)Nc3ccc(Oc4ccccc4C)cc3)CC2=O)c1. The molecule has 0 bridgehead atoms. The highest BCUT2D eigenvalue weighted by molar-refractivity contribution is 6.03. The zero-order valence-corrected chi connectivity index (χ0v) is 17.5. The summed E-state index contributed by atoms with van der Waals surface area (Å²) in [4.78, 5) is 26.8. The number of hydrogen-bond acceptors (Lipinski definition) is 4. The number of carbonyl (C=O) groups is 2. The maximum Gasteiger partial charge on any atom is 0.229 e. The van der Waals surface area contributed by atoms with Crippen molar-refractivity contribution in [2.45, 2.75) is 13.3 Å². The molecule has 0 spiro atoms. The third-order valence-electron chi connectivity index (χ3n) is 5.30. The van der Waals surface area contributed by atoms with Crippen LogP contribution in [-0.4, -0.2) is 25.5 Å². The van der Waals surface area contributed by atoms with Crippen LogP contribution in [0.5, 0.6) is 17.2 Å². The van der Waals surface area contributed by atoms with Gasteiger partial charge in [-0.25, -0.2) is 0 Å². The summed E-state index contributed by atoms with van der Waals surface area (Å²) in [6.45, 7) is 2.33. The second kappa shape index (κ2) is 8.92. The topological polar surface area (TPSA) is 67.9 Å². The minimum atomic E-state index is -0.415. The van der Waals surface area contributed by atoms with Gasteiger partial charge < -0.3 is 19.7 Å². The van der Waals surface area contributed by atoms with Crippen molar-refractivity contribution in [1.82, 2.24) is 0 Å². The van der Waals surface area contributed by atoms with Gasteiger partial charge in [0, 0.05) is 30.4 Å². The summed E-state index contributed by atoms with van der Waals surface area (Å²) in [5.74, 6) is 1.49. The Hall–Kier alpha value is -3.80. The van der Waals surface area contributed by atoms with E-state index in [9.17, 15) is 9.59 Å². The molecule has 0 radical (unpaired) electrons. The Morgan fingerprint density at radius 2 is 1.77 bits per heavy atom. The molecule has 1 atom stereocenters. The first-order chi connectivity index (χ1) is 15.0. The predicted molar refractivity (Wildman–Crippen MR) is 120 cm³/mol. The number of methoxy groups -OCH3 is 1. The minimum absolute atomic E-state index is 0.0737. The first kappa shape index (κ1) is 20.5. The molecule has 0 saturated carbocycles. The molecule has 2 amide bonds. The van der Waals surface area contributed by atoms with Gasteiger partial charge in [-0.05, 0) is 55.0 Å². The largest absolute Gasteiger partial charge is 0.497 e. The smallest absolute Gasteiger partial charge is 0.229 e. The number of amides is 2. The molecule has 4 rings (SSSR count). The van der Waals surface area contributed by atoms with Gasteiger partial charge in [0.15, 0.2) is 0 Å². The molecule has 1 saturated heterocycles. The molecule has 1 N–H and O–H groups in total. The first-order valence-corrected chi connectivity index (χ1v) is 10.1. The lowest BCUT2D eigenvalue weighted by Crippen LogP contribution is -2.28. The summed E-state index contributed by atoms with van der Waals surface area (Å²) in [6, 6.07) is 22.3. The van der Waals surface area contributed by atoms with E-state index in [0.717, 1.165) is 17.0 Å². The Morgan fingerprint density at radius 3 is 2.52 bits per heavy atom. The van der Waals surface area contributed by atoms with E-state index >= 15 is 0 Å². The summed E-state index contributed by atoms with van der Waals surface area (Å²) < 4.78 is 11.1. The number of hydrogen-bond donors (Lipinski definition) is 1. The molecule has 3 aromatic carbocycles. The van der Waals surface area contributed by atoms with Crippen LogP contribution >= 0.6 is 0 Å². The van der Waals surface area contributed by atoms with Crippen LogP contribution in [0, 0.1) is 12.8 Å². The second-order valence-electron chi connectivity index (χ2n) is 7.49. The van der Waals surface area contributed by atoms with Gasteiger partial charge in [0.1, 0.15) is 17.2 Å². The number of anilines is 2. The lowest BCUT2D eigenvalue weighted by molar-refractivity contribution is -0.122. The van der Waals surface area contributed by atoms with Crippen molar-refractivity contribution in [2.75, 3.05) is 23.9 Å². The Morgan fingerprint density at radius 1 is 1.00 bits per heavy atom. The fourth-order valence-corrected chi connectivity index (χ4v) is 3.56. The third-order valence-corrected chi connectivity index (χ3v) is 5.30. The lowest BCUT2D eigenvalue weighted by Gasteiger charge is -2.17. The van der Waals surface area contributed by atoms with Crippen LogP contribution in [0.3, 0.4) is 0 Å². The second-order valence-corrected chi connectivity index (χ2v) is 7.49. The van der Waals surface area contributed by atoms with E-state index in [2.05, 4.69) is 5.32 Å². The van der Waals surface area contributed by atoms with Crippen LogP contribution in [0.15, 0.2) is 72.8 Å². The fraction of sp³-hybridized carbons (Fsp3) is 0.200. The van der Waals surface area contributed by atoms with Gasteiger partial charge >= 0.3 is 0 Å². The number of ether oxygens (including phenoxy) is 2. The van der Waals surface area contributed by atoms with Crippen molar-refractivity contribution >= 4 is 23.2 Å². The van der Waals surface area contributed by atoms with Crippen molar-refractivity contribution in [3.63, 3.8) is 0 Å². The van der Waals surface area contributed by atoms with Gasteiger partial charge in [-0.2, -0.15) is 0 Å². The van der Waals surface area contributed by atoms with Crippen LogP contribution < -0.4 is 19.7 Å². The average Bonchev–Trinajstić information content (AvgIpc) is 3.18. The zero-order valence-electron chi connectivity index (χ0n) is 17.5. The van der Waals surface area contributed by atoms with Crippen LogP contribution in [-0.2, 0) is 9.59 Å². The molecule has 3 aromatic rings. The maximum absolute atomic E-state index is 12.7. The summed E-state index contributed by atoms with van der Waals surface area (Å²) in [6.07, 6.45) is 0.178. The number of carbonyl (C=O) groups excluding carboxylic acids is 2. The number of aryl methyl sites for hydroxylation is 1. The third kappa shape index (κ3) is 4.69. The summed E-state index contributed by atoms with van der Waals surface area (Å²) in [5.41, 5.74) is 2.44. The normalized spacial score (nSPS) is 15.6. The molecule has 1 aliphatic heterocycles. The standard InChI is InChI=1S/C25H24N2O4/c1-17-6-3-4-9-23(17)31-21-12-10-19(11-13-21)26-25(29)18-14-24(28)27(16-18)20-7-5-8-22(15-20)30-2/h3-13,15,18H,14,16H2,1-2H3,(H,26,29)/t18-/m1/s1. The summed E-state index contributed by atoms with van der Waals surface area (Å²) in [5, 5.41) is 2.90. The molecule has 1 fully saturated rings. The van der Waals surface area contributed by atoms with E-state index in [1.54, 1.807) is 30.2 Å². The Bertz CT molecular complexity index is 1090. The van der Waals surface area contributed by atoms with E-state index in [4.69, 9.17) is 9.47 Å². The predicted octanol–water partition coefficient (Wildman–Crippen LogP) is 4.79. The van der Waals surface area contributed by atoms with Crippen LogP contribution in [0.1, 0.15) is 12.0 Å². The van der Waals surface area contributed by atoms with E-state index in [-0.39, 0.29) is 18.2 Å². The van der Waals surface area contributed by atoms with E-state index < -0.39 is 5.92 Å². The maximum atomic E-state index is 12.7. The van der Waals surface area contributed by atoms with Gasteiger partial charge in [-0.3, -0.25) is 9.59 Å². The summed E-state index contributed by atoms with van der Waals surface area (Å²) in [7, 11) is 1.58. The van der Waals surface area contributed by atoms with E-state index in [1.165, 1.54) is 0 Å². The van der Waals surface area contributed by atoms with Gasteiger partial charge in [0.25, 0.3) is 0 Å². The number of rotatable bonds is 6. The van der Waals surface area contributed by atoms with Crippen molar-refractivity contribution in [2.24, 2.45) is 5.92 Å². The Balaban J connectivity index is 1.38. The average molecular weight is 416 g/mol. The van der Waals surface area contributed by atoms with Crippen molar-refractivity contribution in [3.8, 4) is 17.2 Å². The van der Waals surface area contributed by atoms with E-state index in [0.29, 0.717) is 23.7 Å². The quantitative estimate of drug-likeness (QED) is 0.628. The molecular formula is C25H24N2O4. The highest BCUT2D eigenvalue weighted by atomic mass is 16.5. The molecule has 6 heteroatoms. The van der Waals surface area contributed by atoms with Crippen LogP contribution in [0.2, 0.25) is 0 Å². The number of benzene rings is 3. The molecule has 158 valence electrons. The van der Waals surface area contributed by atoms with Gasteiger partial charge in [0.2, 0.25) is 11.8 Å². The van der Waals surface area contributed by atoms with Gasteiger partial charge in [0.05, 0.1) is 13.0 Å². The van der Waals surface area contributed by atoms with Crippen LogP contribution in [0.4, 0.5) is 11.4 Å². The molecule has 1 aliphatic rings. The molecule has 1 heterocycles. The molecule has 0 aliphatic carbocycles. The highest BCUT2D eigenvalue weighted by Crippen LogP contribution is 2.29. The number of para-hydroxylation sites is 1. The Labute approximate surface area is 181 Å². The monoisotopic (exact) mass is 416 g/mol. The number of nitrogens with one attached hydrogen (secondary N) is 1. The Kier molecular flexibility index (Phi) is 5.89. The molecule has 31 heavy (non-hydrogen) atoms. The number of nitrogens with zero attached hydrogens (tertiary/aromatic N) is 1. The first-order valence-electron chi connectivity index (χ1n) is 10.1. The summed E-state index contributed by atoms with van der Waals surface area (Å²) >= 11 is 0.